The van der Waals surface area contributed by atoms with Crippen molar-refractivity contribution in [3.8, 4) is 0 Å². The van der Waals surface area contributed by atoms with Gasteiger partial charge in [0.15, 0.2) is 5.82 Å². The van der Waals surface area contributed by atoms with Crippen molar-refractivity contribution in [3.05, 3.63) is 29.8 Å². The Morgan fingerprint density at radius 3 is 2.50 bits per heavy atom. The second kappa shape index (κ2) is 2.56. The zero-order valence-electron chi connectivity index (χ0n) is 5.14. The van der Waals surface area contributed by atoms with Gasteiger partial charge in [0.2, 0.25) is 0 Å². The summed E-state index contributed by atoms with van der Waals surface area (Å²) in [6.07, 6.45) is 0. The monoisotopic (exact) mass is 141 g/mol. The molecular formula is C7H5F2N. The van der Waals surface area contributed by atoms with Gasteiger partial charge in [-0.05, 0) is 18.9 Å². The molecule has 52 valence electrons. The van der Waals surface area contributed by atoms with Crippen LogP contribution >= 0.6 is 0 Å². The lowest BCUT2D eigenvalue weighted by Gasteiger charge is -1.93. The first-order valence-corrected chi connectivity index (χ1v) is 2.66. The second-order valence-electron chi connectivity index (χ2n) is 1.75. The Labute approximate surface area is 57.0 Å². The maximum atomic E-state index is 12.5. The van der Waals surface area contributed by atoms with Gasteiger partial charge in [-0.25, -0.2) is 8.78 Å². The Morgan fingerprint density at radius 1 is 1.30 bits per heavy atom. The summed E-state index contributed by atoms with van der Waals surface area (Å²) in [5.74, 6) is -1.29. The van der Waals surface area contributed by atoms with E-state index in [1.807, 2.05) is 0 Å². The van der Waals surface area contributed by atoms with Crippen LogP contribution < -0.4 is 0 Å². The van der Waals surface area contributed by atoms with E-state index >= 15 is 0 Å². The van der Waals surface area contributed by atoms with Gasteiger partial charge in [0.05, 0.1) is 5.69 Å². The van der Waals surface area contributed by atoms with Crippen LogP contribution in [-0.4, -0.2) is 6.72 Å². The maximum absolute atomic E-state index is 12.5. The molecule has 3 heteroatoms. The quantitative estimate of drug-likeness (QED) is 0.532. The highest BCUT2D eigenvalue weighted by Gasteiger charge is 1.99. The van der Waals surface area contributed by atoms with Crippen molar-refractivity contribution in [1.29, 1.82) is 0 Å². The summed E-state index contributed by atoms with van der Waals surface area (Å²) in [5, 5.41) is 0. The van der Waals surface area contributed by atoms with E-state index < -0.39 is 11.6 Å². The second-order valence-corrected chi connectivity index (χ2v) is 1.75. The molecule has 1 rings (SSSR count). The summed E-state index contributed by atoms with van der Waals surface area (Å²) >= 11 is 0. The minimum absolute atomic E-state index is 0.0707. The smallest absolute Gasteiger partial charge is 0.151 e. The number of hydrogen-bond donors (Lipinski definition) is 0. The van der Waals surface area contributed by atoms with Gasteiger partial charge in [0.1, 0.15) is 5.82 Å². The van der Waals surface area contributed by atoms with Crippen LogP contribution in [0.25, 0.3) is 0 Å². The SMILES string of the molecule is C=Nc1ccc(F)cc1F. The highest BCUT2D eigenvalue weighted by molar-refractivity contribution is 5.45. The molecule has 0 unspecified atom stereocenters. The highest BCUT2D eigenvalue weighted by Crippen LogP contribution is 2.16. The fourth-order valence-electron chi connectivity index (χ4n) is 0.609. The molecular weight excluding hydrogens is 136 g/mol. The molecule has 10 heavy (non-hydrogen) atoms. The number of halogens is 2. The predicted octanol–water partition coefficient (Wildman–Crippen LogP) is 2.30. The van der Waals surface area contributed by atoms with Crippen LogP contribution in [0.5, 0.6) is 0 Å². The van der Waals surface area contributed by atoms with Crippen LogP contribution in [-0.2, 0) is 0 Å². The Hall–Kier alpha value is -1.25. The number of rotatable bonds is 1. The molecule has 0 heterocycles. The molecule has 0 radical (unpaired) electrons. The highest BCUT2D eigenvalue weighted by atomic mass is 19.1. The summed E-state index contributed by atoms with van der Waals surface area (Å²) in [5.41, 5.74) is 0.0707. The first kappa shape index (κ1) is 6.86. The molecule has 1 aromatic carbocycles. The van der Waals surface area contributed by atoms with Crippen molar-refractivity contribution in [2.75, 3.05) is 0 Å². The Bertz CT molecular complexity index is 258. The Kier molecular flexibility index (Phi) is 1.76. The van der Waals surface area contributed by atoms with E-state index in [0.717, 1.165) is 12.1 Å². The van der Waals surface area contributed by atoms with Crippen LogP contribution in [0.15, 0.2) is 23.2 Å². The van der Waals surface area contributed by atoms with E-state index in [2.05, 4.69) is 11.7 Å². The molecule has 0 aliphatic heterocycles. The van der Waals surface area contributed by atoms with Crippen LogP contribution in [0, 0.1) is 11.6 Å². The maximum Gasteiger partial charge on any atom is 0.151 e. The minimum Gasteiger partial charge on any atom is -0.262 e. The Balaban J connectivity index is 3.19. The third-order valence-electron chi connectivity index (χ3n) is 1.08. The third-order valence-corrected chi connectivity index (χ3v) is 1.08. The average Bonchev–Trinajstić information content (AvgIpc) is 1.88. The molecule has 0 bridgehead atoms. The molecule has 0 saturated carbocycles. The lowest BCUT2D eigenvalue weighted by atomic mass is 10.3. The average molecular weight is 141 g/mol. The van der Waals surface area contributed by atoms with Gasteiger partial charge in [-0.15, -0.1) is 0 Å². The largest absolute Gasteiger partial charge is 0.262 e. The van der Waals surface area contributed by atoms with Gasteiger partial charge in [-0.3, -0.25) is 4.99 Å². The first-order chi connectivity index (χ1) is 4.74. The summed E-state index contributed by atoms with van der Waals surface area (Å²) < 4.78 is 24.7. The molecule has 0 amide bonds. The Morgan fingerprint density at radius 2 is 2.00 bits per heavy atom. The third kappa shape index (κ3) is 1.18. The first-order valence-electron chi connectivity index (χ1n) is 2.66. The zero-order chi connectivity index (χ0) is 7.56. The molecule has 0 aliphatic carbocycles. The van der Waals surface area contributed by atoms with Crippen LogP contribution in [0.3, 0.4) is 0 Å². The van der Waals surface area contributed by atoms with Crippen LogP contribution in [0.2, 0.25) is 0 Å². The summed E-state index contributed by atoms with van der Waals surface area (Å²) in [6, 6.07) is 3.13. The number of benzene rings is 1. The number of hydrogen-bond acceptors (Lipinski definition) is 1. The van der Waals surface area contributed by atoms with Crippen molar-refractivity contribution in [2.45, 2.75) is 0 Å². The van der Waals surface area contributed by atoms with Gasteiger partial charge in [0.25, 0.3) is 0 Å². The topological polar surface area (TPSA) is 12.4 Å². The van der Waals surface area contributed by atoms with Crippen LogP contribution in [0.1, 0.15) is 0 Å². The molecule has 0 aliphatic rings. The van der Waals surface area contributed by atoms with Crippen molar-refractivity contribution < 1.29 is 8.78 Å². The summed E-state index contributed by atoms with van der Waals surface area (Å²) in [4.78, 5) is 3.32. The number of nitrogens with zero attached hydrogens (tertiary/aromatic N) is 1. The summed E-state index contributed by atoms with van der Waals surface area (Å²) in [7, 11) is 0. The van der Waals surface area contributed by atoms with Crippen molar-refractivity contribution >= 4 is 12.4 Å². The minimum atomic E-state index is -0.685. The number of aliphatic imine (C=N–C) groups is 1. The van der Waals surface area contributed by atoms with Crippen molar-refractivity contribution in [3.63, 3.8) is 0 Å². The summed E-state index contributed by atoms with van der Waals surface area (Å²) in [6.45, 7) is 3.11. The lowest BCUT2D eigenvalue weighted by molar-refractivity contribution is 0.585. The normalized spacial score (nSPS) is 9.40. The molecule has 0 atom stereocenters. The van der Waals surface area contributed by atoms with E-state index in [0.29, 0.717) is 0 Å². The standard InChI is InChI=1S/C7H5F2N/c1-10-7-3-2-5(8)4-6(7)9/h2-4H,1H2. The van der Waals surface area contributed by atoms with Gasteiger partial charge in [-0.2, -0.15) is 0 Å². The zero-order valence-corrected chi connectivity index (χ0v) is 5.14. The van der Waals surface area contributed by atoms with E-state index in [-0.39, 0.29) is 5.69 Å². The molecule has 1 aromatic rings. The molecule has 0 fully saturated rings. The van der Waals surface area contributed by atoms with Gasteiger partial charge in [-0.1, -0.05) is 0 Å². The van der Waals surface area contributed by atoms with E-state index in [4.69, 9.17) is 0 Å². The van der Waals surface area contributed by atoms with E-state index in [1.54, 1.807) is 0 Å². The fraction of sp³-hybridized carbons (Fsp3) is 0. The molecule has 0 aromatic heterocycles. The van der Waals surface area contributed by atoms with Gasteiger partial charge >= 0.3 is 0 Å². The van der Waals surface area contributed by atoms with Crippen LogP contribution in [0.4, 0.5) is 14.5 Å². The molecule has 0 N–H and O–H groups in total. The molecule has 0 spiro atoms. The van der Waals surface area contributed by atoms with Gasteiger partial charge in [0, 0.05) is 6.07 Å². The fourth-order valence-corrected chi connectivity index (χ4v) is 0.609. The lowest BCUT2D eigenvalue weighted by Crippen LogP contribution is -1.77. The van der Waals surface area contributed by atoms with E-state index in [1.165, 1.54) is 6.07 Å². The van der Waals surface area contributed by atoms with Crippen molar-refractivity contribution in [2.24, 2.45) is 4.99 Å². The van der Waals surface area contributed by atoms with Gasteiger partial charge < -0.3 is 0 Å². The van der Waals surface area contributed by atoms with E-state index in [9.17, 15) is 8.78 Å². The predicted molar refractivity (Wildman–Crippen MR) is 35.6 cm³/mol. The molecule has 0 saturated heterocycles. The van der Waals surface area contributed by atoms with Crippen molar-refractivity contribution in [1.82, 2.24) is 0 Å². The molecule has 1 nitrogen and oxygen atoms in total.